The molecule has 1 aromatic carbocycles. The topological polar surface area (TPSA) is 102 Å². The van der Waals surface area contributed by atoms with Crippen LogP contribution in [0.15, 0.2) is 24.3 Å². The van der Waals surface area contributed by atoms with E-state index in [2.05, 4.69) is 49.0 Å². The Morgan fingerprint density at radius 3 is 2.29 bits per heavy atom. The number of rotatable bonds is 4. The summed E-state index contributed by atoms with van der Waals surface area (Å²) in [6.07, 6.45) is 1.08. The van der Waals surface area contributed by atoms with Gasteiger partial charge in [0.05, 0.1) is 0 Å². The van der Waals surface area contributed by atoms with Crippen LogP contribution in [0.4, 0.5) is 5.69 Å². The van der Waals surface area contributed by atoms with Crippen molar-refractivity contribution in [3.63, 3.8) is 0 Å². The molecule has 5 N–H and O–H groups in total. The van der Waals surface area contributed by atoms with E-state index in [0.29, 0.717) is 0 Å². The molecule has 0 heterocycles. The summed E-state index contributed by atoms with van der Waals surface area (Å²) in [5.41, 5.74) is 8.68. The Bertz CT molecular complexity index is 359. The molecule has 0 unspecified atom stereocenters. The fourth-order valence-corrected chi connectivity index (χ4v) is 1.06. The van der Waals surface area contributed by atoms with Crippen LogP contribution in [-0.2, 0) is 11.0 Å². The summed E-state index contributed by atoms with van der Waals surface area (Å²) in [5.74, 6) is 0. The van der Waals surface area contributed by atoms with Gasteiger partial charge in [0.25, 0.3) is 0 Å². The number of anilines is 1. The number of benzene rings is 1. The monoisotopic (exact) mass is 262 g/mol. The van der Waals surface area contributed by atoms with Crippen LogP contribution in [0.25, 0.3) is 0 Å². The molecule has 6 nitrogen and oxygen atoms in total. The summed E-state index contributed by atoms with van der Waals surface area (Å²) < 4.78 is 8.88. The summed E-state index contributed by atoms with van der Waals surface area (Å²) in [6.45, 7) is 5.15. The third-order valence-corrected chi connectivity index (χ3v) is 1.74. The first-order valence-electron chi connectivity index (χ1n) is 5.23. The number of hydrogen-bond donors (Lipinski definition) is 5. The summed E-state index contributed by atoms with van der Waals surface area (Å²) in [4.78, 5) is 21.6. The molecular weight excluding hydrogens is 243 g/mol. The van der Waals surface area contributed by atoms with Gasteiger partial charge in [-0.05, 0) is 24.1 Å². The Balaban J connectivity index is 0.000000437. The number of phosphoric acid groups is 1. The maximum Gasteiger partial charge on any atom is 0.466 e. The average Bonchev–Trinajstić information content (AvgIpc) is 2.24. The Morgan fingerprint density at radius 2 is 1.82 bits per heavy atom. The van der Waals surface area contributed by atoms with Crippen molar-refractivity contribution in [2.24, 2.45) is 0 Å². The zero-order valence-electron chi connectivity index (χ0n) is 9.92. The highest BCUT2D eigenvalue weighted by Gasteiger charge is 2.00. The van der Waals surface area contributed by atoms with Crippen LogP contribution >= 0.6 is 7.82 Å². The fraction of sp³-hybridized carbons (Fsp3) is 0.400. The minimum absolute atomic E-state index is 0.927. The Kier molecular flexibility index (Phi) is 7.78. The number of hydrogen-bond acceptors (Lipinski definition) is 3. The number of nitrogens with one attached hydrogen (secondary N) is 2. The first-order valence-corrected chi connectivity index (χ1v) is 6.79. The molecule has 0 aliphatic heterocycles. The number of aryl methyl sites for hydroxylation is 1. The van der Waals surface area contributed by atoms with Crippen molar-refractivity contribution in [1.29, 1.82) is 0 Å². The predicted octanol–water partition coefficient (Wildman–Crippen LogP) is 1.26. The van der Waals surface area contributed by atoms with Crippen LogP contribution in [0.1, 0.15) is 19.4 Å². The predicted molar refractivity (Wildman–Crippen MR) is 67.4 cm³/mol. The summed E-state index contributed by atoms with van der Waals surface area (Å²) in [5, 5.41) is 0. The Morgan fingerprint density at radius 1 is 1.24 bits per heavy atom. The lowest BCUT2D eigenvalue weighted by Crippen LogP contribution is -2.20. The van der Waals surface area contributed by atoms with Crippen molar-refractivity contribution in [1.82, 2.24) is 5.43 Å². The molecule has 0 aliphatic carbocycles. The molecule has 0 aliphatic rings. The quantitative estimate of drug-likeness (QED) is 0.413. The van der Waals surface area contributed by atoms with E-state index < -0.39 is 7.82 Å². The highest BCUT2D eigenvalue weighted by atomic mass is 31.2. The molecule has 7 heteroatoms. The zero-order chi connectivity index (χ0) is 13.3. The van der Waals surface area contributed by atoms with E-state index in [4.69, 9.17) is 19.2 Å². The van der Waals surface area contributed by atoms with E-state index >= 15 is 0 Å². The smallest absolute Gasteiger partial charge is 0.322 e. The SMILES string of the molecule is CCNNc1cccc(CC)c1.O=P(O)(O)O. The van der Waals surface area contributed by atoms with Gasteiger partial charge in [-0.2, -0.15) is 0 Å². The van der Waals surface area contributed by atoms with Crippen molar-refractivity contribution >= 4 is 13.5 Å². The summed E-state index contributed by atoms with van der Waals surface area (Å²) >= 11 is 0. The zero-order valence-corrected chi connectivity index (χ0v) is 10.8. The lowest BCUT2D eigenvalue weighted by atomic mass is 10.1. The van der Waals surface area contributed by atoms with Gasteiger partial charge < -0.3 is 20.1 Å². The number of hydrazine groups is 1. The normalized spacial score (nSPS) is 10.4. The van der Waals surface area contributed by atoms with E-state index in [9.17, 15) is 0 Å². The van der Waals surface area contributed by atoms with Gasteiger partial charge >= 0.3 is 7.82 Å². The lowest BCUT2D eigenvalue weighted by Gasteiger charge is -2.06. The minimum atomic E-state index is -4.64. The average molecular weight is 262 g/mol. The Hall–Kier alpha value is -0.910. The first kappa shape index (κ1) is 16.1. The molecule has 17 heavy (non-hydrogen) atoms. The Labute approximate surface area is 101 Å². The van der Waals surface area contributed by atoms with E-state index in [-0.39, 0.29) is 0 Å². The van der Waals surface area contributed by atoms with Crippen LogP contribution in [0, 0.1) is 0 Å². The second-order valence-corrected chi connectivity index (χ2v) is 4.25. The van der Waals surface area contributed by atoms with Crippen LogP contribution < -0.4 is 10.9 Å². The van der Waals surface area contributed by atoms with Gasteiger partial charge in [-0.15, -0.1) is 0 Å². The van der Waals surface area contributed by atoms with Gasteiger partial charge in [0.15, 0.2) is 0 Å². The molecule has 0 aromatic heterocycles. The molecular formula is C10H19N2O4P. The van der Waals surface area contributed by atoms with Gasteiger partial charge in [0, 0.05) is 12.2 Å². The second-order valence-electron chi connectivity index (χ2n) is 3.22. The van der Waals surface area contributed by atoms with Gasteiger partial charge in [-0.25, -0.2) is 9.99 Å². The third kappa shape index (κ3) is 11.4. The van der Waals surface area contributed by atoms with Gasteiger partial charge in [-0.1, -0.05) is 26.0 Å². The molecule has 1 aromatic rings. The van der Waals surface area contributed by atoms with Crippen molar-refractivity contribution in [3.8, 4) is 0 Å². The summed E-state index contributed by atoms with van der Waals surface area (Å²) in [7, 11) is -4.64. The van der Waals surface area contributed by atoms with Gasteiger partial charge in [0.1, 0.15) is 0 Å². The van der Waals surface area contributed by atoms with Crippen LogP contribution in [-0.4, -0.2) is 21.2 Å². The highest BCUT2D eigenvalue weighted by Crippen LogP contribution is 2.25. The molecule has 0 spiro atoms. The molecule has 0 saturated carbocycles. The van der Waals surface area contributed by atoms with Gasteiger partial charge in [0.2, 0.25) is 0 Å². The van der Waals surface area contributed by atoms with Gasteiger partial charge in [-0.3, -0.25) is 0 Å². The van der Waals surface area contributed by atoms with Crippen LogP contribution in [0.5, 0.6) is 0 Å². The molecule has 0 radical (unpaired) electrons. The van der Waals surface area contributed by atoms with Crippen molar-refractivity contribution in [3.05, 3.63) is 29.8 Å². The molecule has 0 atom stereocenters. The molecule has 0 amide bonds. The molecule has 0 bridgehead atoms. The van der Waals surface area contributed by atoms with Crippen molar-refractivity contribution in [2.75, 3.05) is 12.0 Å². The largest absolute Gasteiger partial charge is 0.466 e. The molecule has 98 valence electrons. The third-order valence-electron chi connectivity index (χ3n) is 1.74. The van der Waals surface area contributed by atoms with Crippen LogP contribution in [0.2, 0.25) is 0 Å². The van der Waals surface area contributed by atoms with E-state index in [1.54, 1.807) is 0 Å². The second kappa shape index (κ2) is 8.22. The standard InChI is InChI=1S/C10H16N2.H3O4P/c1-3-9-6-5-7-10(8-9)12-11-4-2;1-5(2,3)4/h5-8,11-12H,3-4H2,1-2H3;(H3,1,2,3,4). The molecule has 0 saturated heterocycles. The van der Waals surface area contributed by atoms with Crippen LogP contribution in [0.3, 0.4) is 0 Å². The highest BCUT2D eigenvalue weighted by molar-refractivity contribution is 7.45. The maximum absolute atomic E-state index is 8.88. The minimum Gasteiger partial charge on any atom is -0.322 e. The summed E-state index contributed by atoms with van der Waals surface area (Å²) in [6, 6.07) is 8.42. The molecule has 0 fully saturated rings. The van der Waals surface area contributed by atoms with E-state index in [0.717, 1.165) is 18.7 Å². The first-order chi connectivity index (χ1) is 7.86. The molecule has 1 rings (SSSR count). The van der Waals surface area contributed by atoms with Crippen molar-refractivity contribution < 1.29 is 19.2 Å². The lowest BCUT2D eigenvalue weighted by molar-refractivity contribution is 0.275. The fourth-order valence-electron chi connectivity index (χ4n) is 1.06. The maximum atomic E-state index is 8.88. The van der Waals surface area contributed by atoms with E-state index in [1.165, 1.54) is 5.56 Å². The van der Waals surface area contributed by atoms with Crippen molar-refractivity contribution in [2.45, 2.75) is 20.3 Å². The van der Waals surface area contributed by atoms with E-state index in [1.807, 2.05) is 0 Å².